The first-order valence-corrected chi connectivity index (χ1v) is 9.84. The number of nitrogens with one attached hydrogen (secondary N) is 2. The number of para-hydroxylation sites is 2. The van der Waals surface area contributed by atoms with E-state index in [0.29, 0.717) is 18.4 Å². The van der Waals surface area contributed by atoms with Crippen LogP contribution in [0, 0.1) is 0 Å². The van der Waals surface area contributed by atoms with Crippen molar-refractivity contribution in [2.45, 2.75) is 46.0 Å². The zero-order valence-corrected chi connectivity index (χ0v) is 17.3. The molecule has 0 heterocycles. The number of carbonyl (C=O) groups excluding carboxylic acids is 1. The smallest absolute Gasteiger partial charge is 0.319 e. The third-order valence-electron chi connectivity index (χ3n) is 4.76. The Bertz CT molecular complexity index is 699. The fourth-order valence-corrected chi connectivity index (χ4v) is 3.18. The summed E-state index contributed by atoms with van der Waals surface area (Å²) < 4.78 is 0. The second kappa shape index (κ2) is 10.0. The molecular formula is C23H33N3O. The SMILES string of the molecule is CC(C)c1cccc(C(C)C)c1NC(=O)NCCCN(C)c1ccccc1. The zero-order chi connectivity index (χ0) is 19.8. The van der Waals surface area contributed by atoms with Crippen molar-refractivity contribution in [3.8, 4) is 0 Å². The van der Waals surface area contributed by atoms with Gasteiger partial charge in [-0.15, -0.1) is 0 Å². The molecule has 0 aliphatic heterocycles. The zero-order valence-electron chi connectivity index (χ0n) is 17.3. The van der Waals surface area contributed by atoms with Gasteiger partial charge in [0.25, 0.3) is 0 Å². The molecule has 0 unspecified atom stereocenters. The van der Waals surface area contributed by atoms with Gasteiger partial charge in [-0.1, -0.05) is 64.1 Å². The molecule has 2 amide bonds. The summed E-state index contributed by atoms with van der Waals surface area (Å²) in [5.74, 6) is 0.719. The monoisotopic (exact) mass is 367 g/mol. The summed E-state index contributed by atoms with van der Waals surface area (Å²) in [6.07, 6.45) is 0.891. The van der Waals surface area contributed by atoms with E-state index in [1.807, 2.05) is 18.2 Å². The summed E-state index contributed by atoms with van der Waals surface area (Å²) in [5.41, 5.74) is 4.51. The molecule has 0 bridgehead atoms. The minimum Gasteiger partial charge on any atom is -0.375 e. The minimum absolute atomic E-state index is 0.132. The third kappa shape index (κ3) is 6.02. The molecule has 2 rings (SSSR count). The number of amides is 2. The fourth-order valence-electron chi connectivity index (χ4n) is 3.18. The van der Waals surface area contributed by atoms with E-state index in [2.05, 4.69) is 80.6 Å². The van der Waals surface area contributed by atoms with Crippen molar-refractivity contribution >= 4 is 17.4 Å². The molecule has 4 nitrogen and oxygen atoms in total. The molecule has 0 aliphatic carbocycles. The van der Waals surface area contributed by atoms with Crippen molar-refractivity contribution in [2.24, 2.45) is 0 Å². The Kier molecular flexibility index (Phi) is 7.71. The number of hydrogen-bond donors (Lipinski definition) is 2. The van der Waals surface area contributed by atoms with Crippen LogP contribution >= 0.6 is 0 Å². The van der Waals surface area contributed by atoms with E-state index in [1.165, 1.54) is 16.8 Å². The van der Waals surface area contributed by atoms with Crippen molar-refractivity contribution in [2.75, 3.05) is 30.4 Å². The van der Waals surface area contributed by atoms with Crippen molar-refractivity contribution < 1.29 is 4.79 Å². The highest BCUT2D eigenvalue weighted by molar-refractivity contribution is 5.91. The highest BCUT2D eigenvalue weighted by Gasteiger charge is 2.15. The molecule has 4 heteroatoms. The molecule has 2 aromatic rings. The summed E-state index contributed by atoms with van der Waals surface area (Å²) in [5, 5.41) is 6.09. The third-order valence-corrected chi connectivity index (χ3v) is 4.76. The Labute approximate surface area is 164 Å². The Hall–Kier alpha value is -2.49. The number of anilines is 2. The molecule has 146 valence electrons. The maximum Gasteiger partial charge on any atom is 0.319 e. The molecular weight excluding hydrogens is 334 g/mol. The summed E-state index contributed by atoms with van der Waals surface area (Å²) in [7, 11) is 2.07. The van der Waals surface area contributed by atoms with Crippen LogP contribution in [0.3, 0.4) is 0 Å². The molecule has 0 spiro atoms. The minimum atomic E-state index is -0.132. The molecule has 0 fully saturated rings. The van der Waals surface area contributed by atoms with Gasteiger partial charge in [0, 0.05) is 31.5 Å². The fraction of sp³-hybridized carbons (Fsp3) is 0.435. The molecule has 0 radical (unpaired) electrons. The van der Waals surface area contributed by atoms with Gasteiger partial charge in [0.05, 0.1) is 0 Å². The van der Waals surface area contributed by atoms with Gasteiger partial charge in [-0.3, -0.25) is 0 Å². The lowest BCUT2D eigenvalue weighted by Gasteiger charge is -2.21. The van der Waals surface area contributed by atoms with Gasteiger partial charge in [-0.2, -0.15) is 0 Å². The number of rotatable bonds is 8. The molecule has 0 aliphatic rings. The lowest BCUT2D eigenvalue weighted by atomic mass is 9.93. The first-order chi connectivity index (χ1) is 12.9. The van der Waals surface area contributed by atoms with Crippen molar-refractivity contribution in [1.29, 1.82) is 0 Å². The average Bonchev–Trinajstić information content (AvgIpc) is 2.65. The first-order valence-electron chi connectivity index (χ1n) is 9.84. The number of hydrogen-bond acceptors (Lipinski definition) is 2. The second-order valence-electron chi connectivity index (χ2n) is 7.61. The Morgan fingerprint density at radius 2 is 1.52 bits per heavy atom. The van der Waals surface area contributed by atoms with E-state index in [-0.39, 0.29) is 6.03 Å². The van der Waals surface area contributed by atoms with E-state index in [1.54, 1.807) is 0 Å². The number of nitrogens with zero attached hydrogens (tertiary/aromatic N) is 1. The van der Waals surface area contributed by atoms with Crippen LogP contribution in [0.15, 0.2) is 48.5 Å². The topological polar surface area (TPSA) is 44.4 Å². The van der Waals surface area contributed by atoms with Crippen LogP contribution in [0.1, 0.15) is 57.1 Å². The number of carbonyl (C=O) groups is 1. The number of benzene rings is 2. The standard InChI is InChI=1S/C23H33N3O/c1-17(2)20-13-9-14-21(18(3)4)22(20)25-23(27)24-15-10-16-26(5)19-11-7-6-8-12-19/h6-9,11-14,17-18H,10,15-16H2,1-5H3,(H2,24,25,27). The van der Waals surface area contributed by atoms with Crippen LogP contribution in [-0.4, -0.2) is 26.2 Å². The molecule has 2 aromatic carbocycles. The van der Waals surface area contributed by atoms with Crippen LogP contribution in [-0.2, 0) is 0 Å². The van der Waals surface area contributed by atoms with Gasteiger partial charge in [0.15, 0.2) is 0 Å². The quantitative estimate of drug-likeness (QED) is 0.598. The molecule has 0 saturated heterocycles. The van der Waals surface area contributed by atoms with Crippen molar-refractivity contribution in [3.63, 3.8) is 0 Å². The summed E-state index contributed by atoms with van der Waals surface area (Å²) in [4.78, 5) is 14.6. The van der Waals surface area contributed by atoms with E-state index in [9.17, 15) is 4.79 Å². The first kappa shape index (κ1) is 20.8. The lowest BCUT2D eigenvalue weighted by Crippen LogP contribution is -2.32. The van der Waals surface area contributed by atoms with Gasteiger partial charge >= 0.3 is 6.03 Å². The second-order valence-corrected chi connectivity index (χ2v) is 7.61. The Balaban J connectivity index is 1.89. The van der Waals surface area contributed by atoms with Crippen LogP contribution in [0.25, 0.3) is 0 Å². The van der Waals surface area contributed by atoms with Crippen LogP contribution in [0.4, 0.5) is 16.2 Å². The normalized spacial score (nSPS) is 10.9. The van der Waals surface area contributed by atoms with Crippen molar-refractivity contribution in [3.05, 3.63) is 59.7 Å². The van der Waals surface area contributed by atoms with Crippen molar-refractivity contribution in [1.82, 2.24) is 5.32 Å². The Morgan fingerprint density at radius 3 is 2.07 bits per heavy atom. The predicted molar refractivity (Wildman–Crippen MR) is 116 cm³/mol. The van der Waals surface area contributed by atoms with E-state index in [0.717, 1.165) is 18.7 Å². The highest BCUT2D eigenvalue weighted by Crippen LogP contribution is 2.32. The summed E-state index contributed by atoms with van der Waals surface area (Å²) >= 11 is 0. The molecule has 0 saturated carbocycles. The van der Waals surface area contributed by atoms with Gasteiger partial charge in [0.1, 0.15) is 0 Å². The molecule has 0 atom stereocenters. The largest absolute Gasteiger partial charge is 0.375 e. The Morgan fingerprint density at radius 1 is 0.926 bits per heavy atom. The van der Waals surface area contributed by atoms with Gasteiger partial charge in [-0.25, -0.2) is 4.79 Å². The lowest BCUT2D eigenvalue weighted by molar-refractivity contribution is 0.252. The van der Waals surface area contributed by atoms with Gasteiger partial charge < -0.3 is 15.5 Å². The summed E-state index contributed by atoms with van der Waals surface area (Å²) in [6.45, 7) is 10.2. The van der Waals surface area contributed by atoms with Gasteiger partial charge in [0.2, 0.25) is 0 Å². The molecule has 27 heavy (non-hydrogen) atoms. The van der Waals surface area contributed by atoms with Crippen LogP contribution in [0.2, 0.25) is 0 Å². The molecule has 2 N–H and O–H groups in total. The van der Waals surface area contributed by atoms with Crippen LogP contribution < -0.4 is 15.5 Å². The highest BCUT2D eigenvalue weighted by atomic mass is 16.2. The summed E-state index contributed by atoms with van der Waals surface area (Å²) in [6, 6.07) is 16.4. The van der Waals surface area contributed by atoms with E-state index >= 15 is 0 Å². The van der Waals surface area contributed by atoms with Crippen LogP contribution in [0.5, 0.6) is 0 Å². The molecule has 0 aromatic heterocycles. The average molecular weight is 368 g/mol. The maximum absolute atomic E-state index is 12.4. The van der Waals surface area contributed by atoms with Gasteiger partial charge in [-0.05, 0) is 41.5 Å². The van der Waals surface area contributed by atoms with E-state index in [4.69, 9.17) is 0 Å². The van der Waals surface area contributed by atoms with E-state index < -0.39 is 0 Å². The predicted octanol–water partition coefficient (Wildman–Crippen LogP) is 5.58. The maximum atomic E-state index is 12.4. The number of urea groups is 1.